The Morgan fingerprint density at radius 1 is 1.11 bits per heavy atom. The summed E-state index contributed by atoms with van der Waals surface area (Å²) in [5.41, 5.74) is 3.46. The van der Waals surface area contributed by atoms with E-state index in [0.29, 0.717) is 5.02 Å². The van der Waals surface area contributed by atoms with Crippen LogP contribution in [-0.2, 0) is 0 Å². The highest BCUT2D eigenvalue weighted by molar-refractivity contribution is 6.30. The summed E-state index contributed by atoms with van der Waals surface area (Å²) in [6.07, 6.45) is 1.44. The van der Waals surface area contributed by atoms with Gasteiger partial charge in [0.25, 0.3) is 0 Å². The Hall–Kier alpha value is -1.87. The van der Waals surface area contributed by atoms with Crippen molar-refractivity contribution < 1.29 is 4.39 Å². The number of benzene rings is 1. The molecule has 90 valence electrons. The summed E-state index contributed by atoms with van der Waals surface area (Å²) in [6.45, 7) is 1.91. The van der Waals surface area contributed by atoms with Gasteiger partial charge in [-0.05, 0) is 31.2 Å². The van der Waals surface area contributed by atoms with Crippen LogP contribution in [0.3, 0.4) is 0 Å². The van der Waals surface area contributed by atoms with Crippen LogP contribution in [0.2, 0.25) is 5.02 Å². The molecule has 0 N–H and O–H groups in total. The predicted octanol–water partition coefficient (Wildman–Crippen LogP) is 4.10. The molecule has 0 radical (unpaired) electrons. The summed E-state index contributed by atoms with van der Waals surface area (Å²) < 4.78 is 15.1. The Morgan fingerprint density at radius 3 is 2.56 bits per heavy atom. The van der Waals surface area contributed by atoms with Crippen LogP contribution >= 0.6 is 11.6 Å². The highest BCUT2D eigenvalue weighted by Crippen LogP contribution is 2.26. The van der Waals surface area contributed by atoms with Gasteiger partial charge in [-0.15, -0.1) is 0 Å². The molecular weight excluding hydrogens is 251 g/mol. The Bertz CT molecular complexity index is 716. The number of imidazole rings is 1. The second kappa shape index (κ2) is 4.10. The average molecular weight is 261 g/mol. The van der Waals surface area contributed by atoms with Gasteiger partial charge in [0.15, 0.2) is 0 Å². The molecule has 1 aromatic carbocycles. The maximum atomic E-state index is 13.3. The molecule has 2 aromatic heterocycles. The smallest absolute Gasteiger partial charge is 0.139 e. The van der Waals surface area contributed by atoms with Gasteiger partial charge < -0.3 is 0 Å². The highest BCUT2D eigenvalue weighted by atomic mass is 35.5. The first-order chi connectivity index (χ1) is 8.65. The molecule has 0 saturated carbocycles. The van der Waals surface area contributed by atoms with Crippen LogP contribution in [0.15, 0.2) is 42.6 Å². The van der Waals surface area contributed by atoms with Gasteiger partial charge in [0, 0.05) is 16.8 Å². The van der Waals surface area contributed by atoms with Crippen LogP contribution in [0.4, 0.5) is 4.39 Å². The van der Waals surface area contributed by atoms with Crippen molar-refractivity contribution >= 4 is 17.2 Å². The van der Waals surface area contributed by atoms with Crippen molar-refractivity contribution in [3.05, 3.63) is 59.1 Å². The lowest BCUT2D eigenvalue weighted by atomic mass is 10.1. The van der Waals surface area contributed by atoms with E-state index in [2.05, 4.69) is 4.98 Å². The van der Waals surface area contributed by atoms with E-state index in [4.69, 9.17) is 11.6 Å². The number of hydrogen-bond donors (Lipinski definition) is 0. The fourth-order valence-electron chi connectivity index (χ4n) is 2.09. The van der Waals surface area contributed by atoms with Crippen molar-refractivity contribution in [3.8, 4) is 11.3 Å². The van der Waals surface area contributed by atoms with E-state index in [1.165, 1.54) is 12.3 Å². The number of aryl methyl sites for hydroxylation is 1. The molecule has 0 spiro atoms. The third-order valence-corrected chi connectivity index (χ3v) is 3.13. The number of rotatable bonds is 1. The van der Waals surface area contributed by atoms with Gasteiger partial charge in [-0.2, -0.15) is 0 Å². The summed E-state index contributed by atoms with van der Waals surface area (Å²) in [4.78, 5) is 4.42. The minimum absolute atomic E-state index is 0.282. The van der Waals surface area contributed by atoms with Gasteiger partial charge in [-0.1, -0.05) is 23.7 Å². The van der Waals surface area contributed by atoms with Gasteiger partial charge in [0.2, 0.25) is 0 Å². The Kier molecular flexibility index (Phi) is 2.56. The molecule has 4 heteroatoms. The Labute approximate surface area is 109 Å². The summed E-state index contributed by atoms with van der Waals surface area (Å²) in [5.74, 6) is -0.282. The van der Waals surface area contributed by atoms with Crippen LogP contribution < -0.4 is 0 Å². The number of pyridine rings is 1. The zero-order valence-electron chi connectivity index (χ0n) is 9.69. The summed E-state index contributed by atoms with van der Waals surface area (Å²) in [6, 6.07) is 10.5. The number of nitrogens with zero attached hydrogens (tertiary/aromatic N) is 2. The monoisotopic (exact) mass is 260 g/mol. The van der Waals surface area contributed by atoms with Crippen molar-refractivity contribution in [1.82, 2.24) is 9.38 Å². The molecule has 0 fully saturated rings. The van der Waals surface area contributed by atoms with Crippen LogP contribution in [0.25, 0.3) is 16.9 Å². The van der Waals surface area contributed by atoms with E-state index in [0.717, 1.165) is 22.6 Å². The van der Waals surface area contributed by atoms with Gasteiger partial charge in [0.05, 0.1) is 11.4 Å². The van der Waals surface area contributed by atoms with Crippen LogP contribution in [0.5, 0.6) is 0 Å². The quantitative estimate of drug-likeness (QED) is 0.644. The third-order valence-electron chi connectivity index (χ3n) is 2.87. The molecule has 0 saturated heterocycles. The van der Waals surface area contributed by atoms with E-state index < -0.39 is 0 Å². The van der Waals surface area contributed by atoms with Gasteiger partial charge in [-0.25, -0.2) is 9.37 Å². The van der Waals surface area contributed by atoms with Crippen molar-refractivity contribution in [2.45, 2.75) is 6.92 Å². The molecule has 0 aliphatic rings. The lowest BCUT2D eigenvalue weighted by Crippen LogP contribution is -1.90. The zero-order chi connectivity index (χ0) is 12.7. The maximum Gasteiger partial charge on any atom is 0.139 e. The topological polar surface area (TPSA) is 17.3 Å². The second-order valence-electron chi connectivity index (χ2n) is 4.13. The SMILES string of the molecule is Cc1nc2ccc(F)cn2c1-c1ccc(Cl)cc1. The van der Waals surface area contributed by atoms with Crippen molar-refractivity contribution in [2.24, 2.45) is 0 Å². The molecule has 0 unspecified atom stereocenters. The zero-order valence-corrected chi connectivity index (χ0v) is 10.4. The lowest BCUT2D eigenvalue weighted by molar-refractivity contribution is 0.619. The van der Waals surface area contributed by atoms with Gasteiger partial charge in [-0.3, -0.25) is 4.40 Å². The van der Waals surface area contributed by atoms with Crippen molar-refractivity contribution in [3.63, 3.8) is 0 Å². The number of hydrogen-bond acceptors (Lipinski definition) is 1. The van der Waals surface area contributed by atoms with E-state index in [1.54, 1.807) is 10.5 Å². The summed E-state index contributed by atoms with van der Waals surface area (Å²) in [5, 5.41) is 0.677. The molecule has 18 heavy (non-hydrogen) atoms. The van der Waals surface area contributed by atoms with Gasteiger partial charge in [0.1, 0.15) is 11.5 Å². The highest BCUT2D eigenvalue weighted by Gasteiger charge is 2.11. The minimum Gasteiger partial charge on any atom is -0.296 e. The number of halogens is 2. The van der Waals surface area contributed by atoms with Crippen molar-refractivity contribution in [2.75, 3.05) is 0 Å². The number of aromatic nitrogens is 2. The first-order valence-corrected chi connectivity index (χ1v) is 5.93. The van der Waals surface area contributed by atoms with E-state index >= 15 is 0 Å². The predicted molar refractivity (Wildman–Crippen MR) is 70.3 cm³/mol. The minimum atomic E-state index is -0.282. The fraction of sp³-hybridized carbons (Fsp3) is 0.0714. The average Bonchev–Trinajstić information content (AvgIpc) is 2.66. The third kappa shape index (κ3) is 1.77. The molecule has 3 rings (SSSR count). The van der Waals surface area contributed by atoms with Crippen molar-refractivity contribution in [1.29, 1.82) is 0 Å². The molecule has 0 atom stereocenters. The van der Waals surface area contributed by atoms with Gasteiger partial charge >= 0.3 is 0 Å². The largest absolute Gasteiger partial charge is 0.296 e. The summed E-state index contributed by atoms with van der Waals surface area (Å²) in [7, 11) is 0. The van der Waals surface area contributed by atoms with E-state index in [-0.39, 0.29) is 5.82 Å². The molecule has 0 bridgehead atoms. The Morgan fingerprint density at radius 2 is 1.83 bits per heavy atom. The molecular formula is C14H10ClFN2. The number of fused-ring (bicyclic) bond motifs is 1. The molecule has 2 nitrogen and oxygen atoms in total. The van der Waals surface area contributed by atoms with E-state index in [9.17, 15) is 4.39 Å². The first kappa shape index (κ1) is 11.2. The fourth-order valence-corrected chi connectivity index (χ4v) is 2.22. The van der Waals surface area contributed by atoms with E-state index in [1.807, 2.05) is 31.2 Å². The first-order valence-electron chi connectivity index (χ1n) is 5.55. The molecule has 0 aliphatic carbocycles. The van der Waals surface area contributed by atoms with Crippen LogP contribution in [0.1, 0.15) is 5.69 Å². The maximum absolute atomic E-state index is 13.3. The second-order valence-corrected chi connectivity index (χ2v) is 4.56. The molecule has 0 aliphatic heterocycles. The molecule has 2 heterocycles. The summed E-state index contributed by atoms with van der Waals surface area (Å²) >= 11 is 5.87. The molecule has 3 aromatic rings. The Balaban J connectivity index is 2.30. The van der Waals surface area contributed by atoms with Crippen LogP contribution in [0, 0.1) is 12.7 Å². The lowest BCUT2D eigenvalue weighted by Gasteiger charge is -2.03. The standard InChI is InChI=1S/C14H10ClFN2/c1-9-14(10-2-4-11(15)5-3-10)18-8-12(16)6-7-13(18)17-9/h2-8H,1H3. The normalized spacial score (nSPS) is 11.1. The molecule has 0 amide bonds. The van der Waals surface area contributed by atoms with Crippen LogP contribution in [-0.4, -0.2) is 9.38 Å².